The third-order valence-corrected chi connectivity index (χ3v) is 4.78. The van der Waals surface area contributed by atoms with E-state index in [1.165, 1.54) is 13.0 Å². The van der Waals surface area contributed by atoms with Gasteiger partial charge >= 0.3 is 0 Å². The maximum absolute atomic E-state index is 12.8. The van der Waals surface area contributed by atoms with Crippen molar-refractivity contribution in [3.05, 3.63) is 57.3 Å². The van der Waals surface area contributed by atoms with Gasteiger partial charge in [-0.2, -0.15) is 10.5 Å². The average Bonchev–Trinajstić information content (AvgIpc) is 3.01. The molecule has 2 aromatic heterocycles. The molecule has 0 aromatic carbocycles. The van der Waals surface area contributed by atoms with Crippen LogP contribution in [0.1, 0.15) is 61.5 Å². The van der Waals surface area contributed by atoms with Crippen LogP contribution in [0.2, 0.25) is 0 Å². The van der Waals surface area contributed by atoms with Gasteiger partial charge in [0.2, 0.25) is 0 Å². The Morgan fingerprint density at radius 1 is 0.893 bits per heavy atom. The van der Waals surface area contributed by atoms with E-state index in [0.29, 0.717) is 33.6 Å². The molecule has 0 atom stereocenters. The topological polar surface area (TPSA) is 94.8 Å². The van der Waals surface area contributed by atoms with Crippen LogP contribution in [-0.4, -0.2) is 39.9 Å². The lowest BCUT2D eigenvalue weighted by molar-refractivity contribution is 0.101. The predicted molar refractivity (Wildman–Crippen MR) is 105 cm³/mol. The maximum Gasteiger partial charge on any atom is 0.189 e. The number of carbonyl (C=O) groups excluding carboxylic acids is 2. The fourth-order valence-corrected chi connectivity index (χ4v) is 3.59. The minimum absolute atomic E-state index is 0.157. The second-order valence-corrected chi connectivity index (χ2v) is 6.92. The van der Waals surface area contributed by atoms with Gasteiger partial charge in [-0.15, -0.1) is 0 Å². The molecule has 0 radical (unpaired) electrons. The van der Waals surface area contributed by atoms with Crippen LogP contribution in [0.15, 0.2) is 12.3 Å². The zero-order valence-corrected chi connectivity index (χ0v) is 17.2. The van der Waals surface area contributed by atoms with Crippen LogP contribution >= 0.6 is 0 Å². The van der Waals surface area contributed by atoms with Crippen LogP contribution in [0.5, 0.6) is 0 Å². The molecular weight excluding hydrogens is 354 g/mol. The summed E-state index contributed by atoms with van der Waals surface area (Å²) in [5, 5.41) is 19.5. The molecule has 0 aliphatic rings. The first-order valence-electron chi connectivity index (χ1n) is 8.72. The second-order valence-electron chi connectivity index (χ2n) is 6.92. The van der Waals surface area contributed by atoms with Crippen molar-refractivity contribution >= 4 is 11.6 Å². The van der Waals surface area contributed by atoms with Crippen molar-refractivity contribution in [3.63, 3.8) is 0 Å². The number of allylic oxidation sites excluding steroid dienone is 1. The summed E-state index contributed by atoms with van der Waals surface area (Å²) in [5.74, 6) is -0.388. The van der Waals surface area contributed by atoms with E-state index < -0.39 is 0 Å². The van der Waals surface area contributed by atoms with Gasteiger partial charge in [-0.1, -0.05) is 0 Å². The molecule has 0 aliphatic heterocycles. The summed E-state index contributed by atoms with van der Waals surface area (Å²) in [6.07, 6.45) is 3.09. The van der Waals surface area contributed by atoms with Gasteiger partial charge in [0, 0.05) is 43.2 Å². The highest BCUT2D eigenvalue weighted by molar-refractivity contribution is 6.07. The van der Waals surface area contributed by atoms with E-state index in [-0.39, 0.29) is 23.0 Å². The Kier molecular flexibility index (Phi) is 5.61. The van der Waals surface area contributed by atoms with Crippen molar-refractivity contribution in [2.45, 2.75) is 34.6 Å². The minimum atomic E-state index is -0.231. The summed E-state index contributed by atoms with van der Waals surface area (Å²) in [7, 11) is 3.62. The molecule has 0 aliphatic carbocycles. The summed E-state index contributed by atoms with van der Waals surface area (Å²) in [6, 6.07) is 4.27. The Bertz CT molecular complexity index is 1100. The maximum atomic E-state index is 12.8. The van der Waals surface area contributed by atoms with Crippen molar-refractivity contribution in [2.75, 3.05) is 14.1 Å². The van der Waals surface area contributed by atoms with Gasteiger partial charge < -0.3 is 4.90 Å². The highest BCUT2D eigenvalue weighted by Crippen LogP contribution is 2.28. The van der Waals surface area contributed by atoms with Gasteiger partial charge in [-0.3, -0.25) is 9.59 Å². The van der Waals surface area contributed by atoms with E-state index in [1.807, 2.05) is 14.1 Å². The molecule has 0 saturated carbocycles. The monoisotopic (exact) mass is 377 g/mol. The van der Waals surface area contributed by atoms with Crippen LogP contribution in [0, 0.1) is 50.4 Å². The fraction of sp³-hybridized carbons (Fsp3) is 0.333. The zero-order valence-electron chi connectivity index (χ0n) is 17.2. The lowest BCUT2D eigenvalue weighted by Crippen LogP contribution is -2.17. The summed E-state index contributed by atoms with van der Waals surface area (Å²) in [4.78, 5) is 26.6. The number of nitriles is 2. The van der Waals surface area contributed by atoms with E-state index >= 15 is 0 Å². The number of hydrogen-bond acceptors (Lipinski definition) is 5. The summed E-state index contributed by atoms with van der Waals surface area (Å²) in [6.45, 7) is 8.33. The smallest absolute Gasteiger partial charge is 0.189 e. The van der Waals surface area contributed by atoms with Crippen LogP contribution in [0.25, 0.3) is 0 Å². The fourth-order valence-electron chi connectivity index (χ4n) is 3.59. The molecule has 0 fully saturated rings. The van der Waals surface area contributed by atoms with Gasteiger partial charge in [0.15, 0.2) is 11.6 Å². The van der Waals surface area contributed by atoms with Gasteiger partial charge in [-0.25, -0.2) is 9.35 Å². The standard InChI is InChI=1S/C21H23N5O2/c1-12-17(10-22)25(14(3)20(12)16(5)27)26-15(4)21(13(2)18(26)11-23)19(28)8-9-24(6)7/h8-9H,1-7H3. The van der Waals surface area contributed by atoms with Crippen molar-refractivity contribution in [1.82, 2.24) is 14.3 Å². The van der Waals surface area contributed by atoms with Crippen LogP contribution in [0.3, 0.4) is 0 Å². The van der Waals surface area contributed by atoms with Crippen molar-refractivity contribution in [3.8, 4) is 12.1 Å². The Morgan fingerprint density at radius 3 is 1.71 bits per heavy atom. The molecular formula is C21H23N5O2. The first-order valence-corrected chi connectivity index (χ1v) is 8.72. The molecule has 0 bridgehead atoms. The summed E-state index contributed by atoms with van der Waals surface area (Å²) >= 11 is 0. The minimum Gasteiger partial charge on any atom is -0.383 e. The van der Waals surface area contributed by atoms with Crippen LogP contribution in [-0.2, 0) is 0 Å². The SMILES string of the molecule is CC(=O)c1c(C)c(C#N)n(-n2c(C)c(C(=O)C=CN(C)C)c(C)c2C#N)c1C. The molecule has 0 N–H and O–H groups in total. The van der Waals surface area contributed by atoms with Gasteiger partial charge in [0.05, 0.1) is 5.69 Å². The molecule has 7 heteroatoms. The number of hydrogen-bond donors (Lipinski definition) is 0. The van der Waals surface area contributed by atoms with Crippen molar-refractivity contribution in [2.24, 2.45) is 0 Å². The lowest BCUT2D eigenvalue weighted by Gasteiger charge is -2.14. The number of rotatable bonds is 5. The van der Waals surface area contributed by atoms with E-state index in [9.17, 15) is 20.1 Å². The van der Waals surface area contributed by atoms with Crippen LogP contribution < -0.4 is 0 Å². The first kappa shape index (κ1) is 20.7. The Hall–Kier alpha value is -3.58. The Morgan fingerprint density at radius 2 is 1.32 bits per heavy atom. The molecule has 0 saturated heterocycles. The molecule has 0 unspecified atom stereocenters. The Balaban J connectivity index is 2.91. The predicted octanol–water partition coefficient (Wildman–Crippen LogP) is 3.04. The number of carbonyl (C=O) groups is 2. The van der Waals surface area contributed by atoms with E-state index in [2.05, 4.69) is 12.1 Å². The second kappa shape index (κ2) is 7.58. The molecule has 0 amide bonds. The quantitative estimate of drug-likeness (QED) is 0.589. The molecule has 0 spiro atoms. The van der Waals surface area contributed by atoms with Gasteiger partial charge in [0.1, 0.15) is 23.5 Å². The van der Waals surface area contributed by atoms with Gasteiger partial charge in [0.25, 0.3) is 0 Å². The normalized spacial score (nSPS) is 10.8. The third kappa shape index (κ3) is 3.12. The van der Waals surface area contributed by atoms with Crippen molar-refractivity contribution in [1.29, 1.82) is 10.5 Å². The molecule has 144 valence electrons. The molecule has 2 heterocycles. The number of Topliss-reactive ketones (excluding diaryl/α,β-unsaturated/α-hetero) is 1. The van der Waals surface area contributed by atoms with E-state index in [1.54, 1.807) is 48.1 Å². The molecule has 28 heavy (non-hydrogen) atoms. The van der Waals surface area contributed by atoms with E-state index in [0.717, 1.165) is 0 Å². The third-order valence-electron chi connectivity index (χ3n) is 4.78. The number of aromatic nitrogens is 2. The molecule has 2 aromatic rings. The summed E-state index contributed by atoms with van der Waals surface area (Å²) < 4.78 is 3.11. The Labute approximate surface area is 164 Å². The number of ketones is 2. The van der Waals surface area contributed by atoms with Crippen molar-refractivity contribution < 1.29 is 9.59 Å². The molecule has 7 nitrogen and oxygen atoms in total. The first-order chi connectivity index (χ1) is 13.1. The highest BCUT2D eigenvalue weighted by atomic mass is 16.1. The van der Waals surface area contributed by atoms with Crippen LogP contribution in [0.4, 0.5) is 0 Å². The average molecular weight is 377 g/mol. The number of nitrogens with zero attached hydrogens (tertiary/aromatic N) is 5. The lowest BCUT2D eigenvalue weighted by atomic mass is 10.1. The van der Waals surface area contributed by atoms with Gasteiger partial charge in [-0.05, 0) is 45.7 Å². The molecule has 2 rings (SSSR count). The highest BCUT2D eigenvalue weighted by Gasteiger charge is 2.27. The zero-order chi connectivity index (χ0) is 21.3. The van der Waals surface area contributed by atoms with E-state index in [4.69, 9.17) is 0 Å². The summed E-state index contributed by atoms with van der Waals surface area (Å²) in [5.41, 5.74) is 3.56. The largest absolute Gasteiger partial charge is 0.383 e.